The number of carbonyl (C=O) groups is 1. The van der Waals surface area contributed by atoms with Gasteiger partial charge in [0.25, 0.3) is 5.78 Å². The van der Waals surface area contributed by atoms with Gasteiger partial charge >= 0.3 is 5.97 Å². The van der Waals surface area contributed by atoms with E-state index in [-0.39, 0.29) is 5.92 Å². The van der Waals surface area contributed by atoms with Gasteiger partial charge in [-0.25, -0.2) is 4.98 Å². The number of anilines is 1. The minimum absolute atomic E-state index is 0.345. The van der Waals surface area contributed by atoms with E-state index in [9.17, 15) is 9.90 Å². The fraction of sp³-hybridized carbons (Fsp3) is 0.250. The van der Waals surface area contributed by atoms with Gasteiger partial charge in [0.2, 0.25) is 0 Å². The number of rotatable bonds is 3. The Hall–Kier alpha value is -2.96. The second-order valence-corrected chi connectivity index (χ2v) is 5.61. The highest BCUT2D eigenvalue weighted by atomic mass is 16.4. The van der Waals surface area contributed by atoms with Crippen LogP contribution in [0, 0.1) is 5.92 Å². The van der Waals surface area contributed by atoms with Gasteiger partial charge in [-0.3, -0.25) is 4.79 Å². The number of hydrogen-bond acceptors (Lipinski definition) is 5. The van der Waals surface area contributed by atoms with E-state index < -0.39 is 5.97 Å². The van der Waals surface area contributed by atoms with Crippen molar-refractivity contribution in [3.8, 4) is 11.3 Å². The lowest BCUT2D eigenvalue weighted by Crippen LogP contribution is -2.25. The van der Waals surface area contributed by atoms with Crippen molar-refractivity contribution in [1.29, 1.82) is 0 Å². The molecule has 1 fully saturated rings. The molecule has 1 unspecified atom stereocenters. The zero-order valence-corrected chi connectivity index (χ0v) is 12.3. The van der Waals surface area contributed by atoms with Gasteiger partial charge in [0.1, 0.15) is 12.1 Å². The molecule has 1 saturated heterocycles. The molecule has 3 heterocycles. The van der Waals surface area contributed by atoms with Crippen LogP contribution in [0.4, 0.5) is 5.82 Å². The van der Waals surface area contributed by atoms with Gasteiger partial charge in [-0.15, -0.1) is 0 Å². The molecule has 1 aliphatic rings. The third-order valence-electron chi connectivity index (χ3n) is 4.16. The Morgan fingerprint density at radius 2 is 2.09 bits per heavy atom. The fourth-order valence-electron chi connectivity index (χ4n) is 2.95. The maximum atomic E-state index is 11.2. The van der Waals surface area contributed by atoms with E-state index in [4.69, 9.17) is 0 Å². The summed E-state index contributed by atoms with van der Waals surface area (Å²) in [7, 11) is 0. The third-order valence-corrected chi connectivity index (χ3v) is 4.16. The van der Waals surface area contributed by atoms with Crippen molar-refractivity contribution in [1.82, 2.24) is 19.6 Å². The summed E-state index contributed by atoms with van der Waals surface area (Å²) in [5.74, 6) is 0.247. The van der Waals surface area contributed by atoms with Crippen LogP contribution in [0.15, 0.2) is 42.7 Å². The van der Waals surface area contributed by atoms with E-state index in [1.807, 2.05) is 41.3 Å². The summed E-state index contributed by atoms with van der Waals surface area (Å²) < 4.78 is 1.66. The molecule has 7 nitrogen and oxygen atoms in total. The van der Waals surface area contributed by atoms with Crippen molar-refractivity contribution in [3.63, 3.8) is 0 Å². The van der Waals surface area contributed by atoms with E-state index in [2.05, 4.69) is 15.1 Å². The number of aliphatic carboxylic acids is 1. The van der Waals surface area contributed by atoms with Crippen LogP contribution in [0.25, 0.3) is 17.0 Å². The Kier molecular flexibility index (Phi) is 3.18. The zero-order chi connectivity index (χ0) is 15.8. The number of hydrogen-bond donors (Lipinski definition) is 1. The lowest BCUT2D eigenvalue weighted by atomic mass is 10.1. The highest BCUT2D eigenvalue weighted by Crippen LogP contribution is 2.27. The van der Waals surface area contributed by atoms with E-state index in [1.54, 1.807) is 4.52 Å². The largest absolute Gasteiger partial charge is 0.481 e. The van der Waals surface area contributed by atoms with Crippen molar-refractivity contribution in [3.05, 3.63) is 42.7 Å². The molecule has 0 amide bonds. The molecule has 4 rings (SSSR count). The summed E-state index contributed by atoms with van der Waals surface area (Å²) in [6.07, 6.45) is 2.10. The van der Waals surface area contributed by atoms with Gasteiger partial charge in [-0.1, -0.05) is 30.3 Å². The van der Waals surface area contributed by atoms with Crippen LogP contribution >= 0.6 is 0 Å². The average Bonchev–Trinajstić information content (AvgIpc) is 3.24. The number of nitrogens with zero attached hydrogens (tertiary/aromatic N) is 5. The first kappa shape index (κ1) is 13.7. The van der Waals surface area contributed by atoms with Crippen LogP contribution in [0.5, 0.6) is 0 Å². The Labute approximate surface area is 132 Å². The summed E-state index contributed by atoms with van der Waals surface area (Å²) >= 11 is 0. The molecule has 0 radical (unpaired) electrons. The van der Waals surface area contributed by atoms with Crippen LogP contribution in [-0.4, -0.2) is 43.7 Å². The highest BCUT2D eigenvalue weighted by molar-refractivity contribution is 5.72. The van der Waals surface area contributed by atoms with E-state index >= 15 is 0 Å². The molecule has 0 bridgehead atoms. The topological polar surface area (TPSA) is 83.6 Å². The third kappa shape index (κ3) is 2.40. The standard InChI is InChI=1S/C16H15N5O2/c22-15(23)12-6-7-20(9-12)14-8-13(11-4-2-1-3-5-11)19-16-17-10-18-21(14)16/h1-5,8,10,12H,6-7,9H2,(H,22,23). The highest BCUT2D eigenvalue weighted by Gasteiger charge is 2.29. The molecule has 1 aromatic carbocycles. The SMILES string of the molecule is O=C(O)C1CCN(c2cc(-c3ccccc3)nc3ncnn23)C1. The Morgan fingerprint density at radius 1 is 1.26 bits per heavy atom. The molecule has 3 aromatic rings. The molecule has 0 aliphatic carbocycles. The van der Waals surface area contributed by atoms with Crippen molar-refractivity contribution >= 4 is 17.6 Å². The number of carboxylic acid groups (broad SMARTS) is 1. The van der Waals surface area contributed by atoms with Gasteiger partial charge in [-0.2, -0.15) is 14.6 Å². The van der Waals surface area contributed by atoms with Crippen molar-refractivity contribution in [2.45, 2.75) is 6.42 Å². The van der Waals surface area contributed by atoms with Crippen molar-refractivity contribution in [2.75, 3.05) is 18.0 Å². The van der Waals surface area contributed by atoms with E-state index in [1.165, 1.54) is 6.33 Å². The van der Waals surface area contributed by atoms with Crippen molar-refractivity contribution < 1.29 is 9.90 Å². The average molecular weight is 309 g/mol. The lowest BCUT2D eigenvalue weighted by molar-refractivity contribution is -0.140. The van der Waals surface area contributed by atoms with Gasteiger partial charge < -0.3 is 10.0 Å². The molecule has 2 aromatic heterocycles. The molecule has 1 N–H and O–H groups in total. The number of carboxylic acids is 1. The van der Waals surface area contributed by atoms with Gasteiger partial charge in [-0.05, 0) is 6.42 Å². The molecule has 7 heteroatoms. The minimum Gasteiger partial charge on any atom is -0.481 e. The maximum absolute atomic E-state index is 11.2. The van der Waals surface area contributed by atoms with Gasteiger partial charge in [0.15, 0.2) is 0 Å². The quantitative estimate of drug-likeness (QED) is 0.793. The summed E-state index contributed by atoms with van der Waals surface area (Å²) in [6.45, 7) is 1.16. The van der Waals surface area contributed by atoms with Gasteiger partial charge in [0.05, 0.1) is 11.6 Å². The Morgan fingerprint density at radius 3 is 2.83 bits per heavy atom. The first-order valence-electron chi connectivity index (χ1n) is 7.46. The predicted molar refractivity (Wildman–Crippen MR) is 84.2 cm³/mol. The molecular formula is C16H15N5O2. The molecule has 0 spiro atoms. The molecule has 1 atom stereocenters. The molecular weight excluding hydrogens is 294 g/mol. The summed E-state index contributed by atoms with van der Waals surface area (Å²) in [4.78, 5) is 22.0. The van der Waals surface area contributed by atoms with Gasteiger partial charge in [0, 0.05) is 24.7 Å². The molecule has 1 aliphatic heterocycles. The molecule has 0 saturated carbocycles. The van der Waals surface area contributed by atoms with E-state index in [0.717, 1.165) is 17.1 Å². The molecule has 116 valence electrons. The summed E-state index contributed by atoms with van der Waals surface area (Å²) in [5.41, 5.74) is 1.80. The smallest absolute Gasteiger partial charge is 0.308 e. The molecule has 23 heavy (non-hydrogen) atoms. The Balaban J connectivity index is 1.80. The van der Waals surface area contributed by atoms with Crippen LogP contribution < -0.4 is 4.90 Å². The first-order chi connectivity index (χ1) is 11.2. The van der Waals surface area contributed by atoms with Crippen LogP contribution in [-0.2, 0) is 4.79 Å². The second kappa shape index (κ2) is 5.35. The maximum Gasteiger partial charge on any atom is 0.308 e. The lowest BCUT2D eigenvalue weighted by Gasteiger charge is -2.19. The normalized spacial score (nSPS) is 17.7. The van der Waals surface area contributed by atoms with E-state index in [0.29, 0.717) is 25.3 Å². The van der Waals surface area contributed by atoms with Crippen LogP contribution in [0.2, 0.25) is 0 Å². The first-order valence-corrected chi connectivity index (χ1v) is 7.46. The number of benzene rings is 1. The number of aromatic nitrogens is 4. The zero-order valence-electron chi connectivity index (χ0n) is 12.3. The Bertz CT molecular complexity index is 861. The monoisotopic (exact) mass is 309 g/mol. The fourth-order valence-corrected chi connectivity index (χ4v) is 2.95. The second-order valence-electron chi connectivity index (χ2n) is 5.61. The van der Waals surface area contributed by atoms with Crippen LogP contribution in [0.1, 0.15) is 6.42 Å². The predicted octanol–water partition coefficient (Wildman–Crippen LogP) is 1.70. The number of fused-ring (bicyclic) bond motifs is 1. The van der Waals surface area contributed by atoms with Crippen LogP contribution in [0.3, 0.4) is 0 Å². The minimum atomic E-state index is -0.750. The van der Waals surface area contributed by atoms with Crippen molar-refractivity contribution in [2.24, 2.45) is 5.92 Å². The summed E-state index contributed by atoms with van der Waals surface area (Å²) in [5, 5.41) is 13.4. The summed E-state index contributed by atoms with van der Waals surface area (Å²) in [6, 6.07) is 11.8.